The SMILES string of the molecule is CC1=Cc2cc1cc1[nH]c(cc3cc(cc4[nH]c(c2)c(C)c4C)C(C)=C3C)c(C)c1C(C)C. The van der Waals surface area contributed by atoms with Crippen LogP contribution < -0.4 is 0 Å². The average molecular weight is 435 g/mol. The van der Waals surface area contributed by atoms with E-state index in [0.717, 1.165) is 0 Å². The number of fused-ring (bicyclic) bond motifs is 8. The Bertz CT molecular complexity index is 1530. The van der Waals surface area contributed by atoms with Gasteiger partial charge in [0.2, 0.25) is 0 Å². The van der Waals surface area contributed by atoms with Crippen molar-refractivity contribution >= 4 is 44.9 Å². The van der Waals surface area contributed by atoms with Crippen LogP contribution in [0.2, 0.25) is 0 Å². The Hall–Kier alpha value is -3.26. The summed E-state index contributed by atoms with van der Waals surface area (Å²) in [6.45, 7) is 17.9. The molecule has 0 unspecified atom stereocenters. The zero-order valence-corrected chi connectivity index (χ0v) is 21.1. The van der Waals surface area contributed by atoms with E-state index in [1.165, 1.54) is 83.3 Å². The first-order valence-corrected chi connectivity index (χ1v) is 12.0. The quantitative estimate of drug-likeness (QED) is 0.383. The first-order valence-electron chi connectivity index (χ1n) is 12.0. The molecule has 0 spiro atoms. The standard InChI is InChI=1S/C31H34N2/c1-16(2)31-22(8)29-15-26-12-25(18(4)19(26)5)14-28-21(7)20(6)27(32-28)11-23-9-17(3)24(10-23)13-30(31)33-29/h9-16,32-33H,1-8H3. The molecule has 0 atom stereocenters. The van der Waals surface area contributed by atoms with Crippen LogP contribution in [0.3, 0.4) is 0 Å². The summed E-state index contributed by atoms with van der Waals surface area (Å²) in [4.78, 5) is 7.46. The molecule has 2 aliphatic rings. The van der Waals surface area contributed by atoms with Crippen molar-refractivity contribution in [3.8, 4) is 0 Å². The number of aryl methyl sites for hydroxylation is 3. The molecule has 0 radical (unpaired) electrons. The van der Waals surface area contributed by atoms with Gasteiger partial charge >= 0.3 is 0 Å². The normalized spacial score (nSPS) is 13.8. The van der Waals surface area contributed by atoms with Crippen molar-refractivity contribution in [2.45, 2.75) is 61.3 Å². The molecular formula is C31H34N2. The van der Waals surface area contributed by atoms with Crippen LogP contribution in [0.1, 0.15) is 85.0 Å². The fraction of sp³-hybridized carbons (Fsp3) is 0.290. The van der Waals surface area contributed by atoms with Crippen molar-refractivity contribution in [1.29, 1.82) is 0 Å². The van der Waals surface area contributed by atoms with Gasteiger partial charge in [0, 0.05) is 22.1 Å². The number of nitrogens with one attached hydrogen (secondary N) is 2. The van der Waals surface area contributed by atoms with Gasteiger partial charge in [-0.05, 0) is 145 Å². The van der Waals surface area contributed by atoms with Crippen molar-refractivity contribution in [1.82, 2.24) is 9.97 Å². The maximum atomic E-state index is 3.77. The Labute approximate surface area is 197 Å². The van der Waals surface area contributed by atoms with E-state index in [1.807, 2.05) is 0 Å². The lowest BCUT2D eigenvalue weighted by Crippen LogP contribution is -1.88. The number of allylic oxidation sites excluding steroid dienone is 3. The van der Waals surface area contributed by atoms with Gasteiger partial charge in [0.15, 0.2) is 0 Å². The van der Waals surface area contributed by atoms with E-state index in [2.05, 4.69) is 108 Å². The van der Waals surface area contributed by atoms with Gasteiger partial charge in [-0.2, -0.15) is 0 Å². The van der Waals surface area contributed by atoms with E-state index in [-0.39, 0.29) is 0 Å². The molecule has 0 aliphatic heterocycles. The Morgan fingerprint density at radius 1 is 0.545 bits per heavy atom. The molecule has 3 heterocycles. The van der Waals surface area contributed by atoms with Crippen LogP contribution in [0, 0.1) is 20.8 Å². The van der Waals surface area contributed by atoms with Gasteiger partial charge < -0.3 is 9.97 Å². The fourth-order valence-electron chi connectivity index (χ4n) is 5.34. The highest BCUT2D eigenvalue weighted by molar-refractivity contribution is 5.96. The second kappa shape index (κ2) is 7.66. The van der Waals surface area contributed by atoms with Crippen LogP contribution in [0.15, 0.2) is 36.4 Å². The predicted octanol–water partition coefficient (Wildman–Crippen LogP) is 9.08. The second-order valence-corrected chi connectivity index (χ2v) is 10.2. The molecule has 2 N–H and O–H groups in total. The smallest absolute Gasteiger partial charge is 0.0429 e. The highest BCUT2D eigenvalue weighted by Crippen LogP contribution is 2.36. The van der Waals surface area contributed by atoms with Gasteiger partial charge in [0.25, 0.3) is 0 Å². The van der Waals surface area contributed by atoms with E-state index in [9.17, 15) is 0 Å². The third kappa shape index (κ3) is 3.49. The molecule has 33 heavy (non-hydrogen) atoms. The van der Waals surface area contributed by atoms with E-state index >= 15 is 0 Å². The van der Waals surface area contributed by atoms with Crippen molar-refractivity contribution in [3.05, 3.63) is 80.9 Å². The molecule has 0 saturated carbocycles. The minimum atomic E-state index is 0.451. The first kappa shape index (κ1) is 21.6. The molecule has 0 fully saturated rings. The third-order valence-corrected chi connectivity index (χ3v) is 7.70. The molecule has 3 aromatic heterocycles. The Kier molecular flexibility index (Phi) is 5.01. The Balaban J connectivity index is 1.98. The summed E-state index contributed by atoms with van der Waals surface area (Å²) >= 11 is 0. The molecule has 8 bridgehead atoms. The van der Waals surface area contributed by atoms with Gasteiger partial charge in [-0.3, -0.25) is 0 Å². The Morgan fingerprint density at radius 3 is 1.67 bits per heavy atom. The van der Waals surface area contributed by atoms with Crippen LogP contribution >= 0.6 is 0 Å². The average Bonchev–Trinajstić information content (AvgIpc) is 3.41. The van der Waals surface area contributed by atoms with Gasteiger partial charge in [0.1, 0.15) is 0 Å². The monoisotopic (exact) mass is 434 g/mol. The minimum absolute atomic E-state index is 0.451. The Morgan fingerprint density at radius 2 is 1.06 bits per heavy atom. The fourth-order valence-corrected chi connectivity index (χ4v) is 5.34. The summed E-state index contributed by atoms with van der Waals surface area (Å²) in [5.41, 5.74) is 19.3. The molecule has 5 rings (SSSR count). The number of aromatic nitrogens is 2. The summed E-state index contributed by atoms with van der Waals surface area (Å²) in [6, 6.07) is 13.9. The van der Waals surface area contributed by atoms with Crippen LogP contribution in [0.5, 0.6) is 0 Å². The zero-order chi connectivity index (χ0) is 23.6. The van der Waals surface area contributed by atoms with Crippen LogP contribution in [0.25, 0.3) is 44.9 Å². The number of H-pyrrole nitrogens is 2. The largest absolute Gasteiger partial charge is 0.355 e. The van der Waals surface area contributed by atoms with E-state index < -0.39 is 0 Å². The van der Waals surface area contributed by atoms with Crippen molar-refractivity contribution in [3.63, 3.8) is 0 Å². The highest BCUT2D eigenvalue weighted by Gasteiger charge is 2.15. The highest BCUT2D eigenvalue weighted by atomic mass is 14.7. The molecule has 2 heteroatoms. The van der Waals surface area contributed by atoms with E-state index in [0.29, 0.717) is 5.92 Å². The molecule has 168 valence electrons. The lowest BCUT2D eigenvalue weighted by molar-refractivity contribution is 0.870. The van der Waals surface area contributed by atoms with Crippen molar-refractivity contribution in [2.24, 2.45) is 0 Å². The predicted molar refractivity (Wildman–Crippen MR) is 145 cm³/mol. The van der Waals surface area contributed by atoms with Gasteiger partial charge in [0.05, 0.1) is 0 Å². The molecule has 0 aromatic carbocycles. The molecule has 0 amide bonds. The summed E-state index contributed by atoms with van der Waals surface area (Å²) in [5, 5.41) is 0. The number of hydrogen-bond donors (Lipinski definition) is 2. The maximum absolute atomic E-state index is 3.77. The van der Waals surface area contributed by atoms with Crippen molar-refractivity contribution < 1.29 is 0 Å². The molecular weight excluding hydrogens is 400 g/mol. The van der Waals surface area contributed by atoms with E-state index in [1.54, 1.807) is 0 Å². The van der Waals surface area contributed by atoms with Crippen molar-refractivity contribution in [2.75, 3.05) is 0 Å². The summed E-state index contributed by atoms with van der Waals surface area (Å²) < 4.78 is 0. The summed E-state index contributed by atoms with van der Waals surface area (Å²) in [6.07, 6.45) is 2.29. The van der Waals surface area contributed by atoms with Crippen LogP contribution in [-0.2, 0) is 0 Å². The molecule has 3 aromatic rings. The molecule has 2 aliphatic carbocycles. The minimum Gasteiger partial charge on any atom is -0.355 e. The van der Waals surface area contributed by atoms with Crippen LogP contribution in [0.4, 0.5) is 0 Å². The van der Waals surface area contributed by atoms with Gasteiger partial charge in [-0.1, -0.05) is 19.9 Å². The second-order valence-electron chi connectivity index (χ2n) is 10.2. The lowest BCUT2D eigenvalue weighted by Gasteiger charge is -2.05. The van der Waals surface area contributed by atoms with Gasteiger partial charge in [-0.25, -0.2) is 0 Å². The number of aromatic amines is 2. The zero-order valence-electron chi connectivity index (χ0n) is 21.1. The third-order valence-electron chi connectivity index (χ3n) is 7.70. The van der Waals surface area contributed by atoms with Gasteiger partial charge in [-0.15, -0.1) is 0 Å². The van der Waals surface area contributed by atoms with Crippen LogP contribution in [-0.4, -0.2) is 9.97 Å². The van der Waals surface area contributed by atoms with E-state index in [4.69, 9.17) is 0 Å². The first-order chi connectivity index (χ1) is 15.6. The molecule has 0 saturated heterocycles. The maximum Gasteiger partial charge on any atom is 0.0429 e. The topological polar surface area (TPSA) is 31.6 Å². The molecule has 2 nitrogen and oxygen atoms in total. The lowest BCUT2D eigenvalue weighted by atomic mass is 9.99. The summed E-state index contributed by atoms with van der Waals surface area (Å²) in [7, 11) is 0. The number of rotatable bonds is 1. The summed E-state index contributed by atoms with van der Waals surface area (Å²) in [5.74, 6) is 0.451. The number of hydrogen-bond acceptors (Lipinski definition) is 0.